The molecule has 32 heavy (non-hydrogen) atoms. The van der Waals surface area contributed by atoms with Gasteiger partial charge in [0.1, 0.15) is 17.5 Å². The number of carbonyl (C=O) groups excluding carboxylic acids is 2. The number of methoxy groups -OCH3 is 1. The summed E-state index contributed by atoms with van der Waals surface area (Å²) in [6, 6.07) is 14.7. The Hall–Kier alpha value is -3.23. The molecule has 2 aromatic heterocycles. The summed E-state index contributed by atoms with van der Waals surface area (Å²) in [4.78, 5) is 29.1. The first-order valence-corrected chi connectivity index (χ1v) is 11.4. The van der Waals surface area contributed by atoms with Gasteiger partial charge in [0.15, 0.2) is 0 Å². The first-order valence-electron chi connectivity index (χ1n) is 10.5. The molecule has 164 valence electrons. The van der Waals surface area contributed by atoms with E-state index in [9.17, 15) is 9.59 Å². The van der Waals surface area contributed by atoms with Crippen molar-refractivity contribution in [2.75, 3.05) is 20.2 Å². The molecule has 1 amide bonds. The number of benzene rings is 1. The summed E-state index contributed by atoms with van der Waals surface area (Å²) in [5, 5.41) is 8.19. The number of thiophene rings is 1. The van der Waals surface area contributed by atoms with Crippen molar-refractivity contribution >= 4 is 28.9 Å². The molecule has 0 saturated carbocycles. The molecule has 4 heterocycles. The molecule has 0 saturated heterocycles. The molecule has 0 radical (unpaired) electrons. The summed E-state index contributed by atoms with van der Waals surface area (Å²) in [6.07, 6.45) is 2.96. The van der Waals surface area contributed by atoms with Gasteiger partial charge in [-0.3, -0.25) is 9.69 Å². The maximum absolute atomic E-state index is 13.5. The van der Waals surface area contributed by atoms with Crippen molar-refractivity contribution in [1.29, 1.82) is 0 Å². The minimum atomic E-state index is -0.606. The fourth-order valence-corrected chi connectivity index (χ4v) is 5.27. The van der Waals surface area contributed by atoms with Crippen molar-refractivity contribution in [2.45, 2.75) is 24.9 Å². The molecule has 0 bridgehead atoms. The SMILES string of the molecule is COC(=O)C1c2ccccc2CCN1CC(=O)N1N=C(c2ccco2)CC1c1cccs1. The van der Waals surface area contributed by atoms with Gasteiger partial charge in [-0.25, -0.2) is 9.80 Å². The first-order chi connectivity index (χ1) is 15.7. The fraction of sp³-hybridized carbons (Fsp3) is 0.292. The van der Waals surface area contributed by atoms with Gasteiger partial charge in [-0.15, -0.1) is 11.3 Å². The highest BCUT2D eigenvalue weighted by Crippen LogP contribution is 2.36. The normalized spacial score (nSPS) is 20.7. The van der Waals surface area contributed by atoms with Crippen molar-refractivity contribution in [2.24, 2.45) is 5.10 Å². The van der Waals surface area contributed by atoms with Crippen molar-refractivity contribution in [3.8, 4) is 0 Å². The van der Waals surface area contributed by atoms with Crippen LogP contribution in [0.4, 0.5) is 0 Å². The molecule has 2 unspecified atom stereocenters. The molecule has 0 fully saturated rings. The number of ether oxygens (including phenoxy) is 1. The molecule has 2 atom stereocenters. The molecular formula is C24H23N3O4S. The van der Waals surface area contributed by atoms with Gasteiger partial charge < -0.3 is 9.15 Å². The largest absolute Gasteiger partial charge is 0.468 e. The summed E-state index contributed by atoms with van der Waals surface area (Å²) >= 11 is 1.60. The van der Waals surface area contributed by atoms with Crippen molar-refractivity contribution in [3.05, 3.63) is 81.9 Å². The average molecular weight is 450 g/mol. The number of hydrogen-bond donors (Lipinski definition) is 0. The molecule has 0 aliphatic carbocycles. The van der Waals surface area contributed by atoms with Crippen molar-refractivity contribution in [1.82, 2.24) is 9.91 Å². The Morgan fingerprint density at radius 1 is 1.19 bits per heavy atom. The molecular weight excluding hydrogens is 426 g/mol. The number of esters is 1. The Morgan fingerprint density at radius 2 is 2.06 bits per heavy atom. The van der Waals surface area contributed by atoms with E-state index in [1.165, 1.54) is 7.11 Å². The monoisotopic (exact) mass is 449 g/mol. The van der Waals surface area contributed by atoms with E-state index in [1.54, 1.807) is 22.6 Å². The van der Waals surface area contributed by atoms with E-state index in [0.29, 0.717) is 18.7 Å². The van der Waals surface area contributed by atoms with E-state index in [1.807, 2.05) is 58.8 Å². The van der Waals surface area contributed by atoms with E-state index in [0.717, 1.165) is 28.1 Å². The van der Waals surface area contributed by atoms with Crippen LogP contribution in [-0.4, -0.2) is 47.7 Å². The lowest BCUT2D eigenvalue weighted by molar-refractivity contribution is -0.149. The summed E-state index contributed by atoms with van der Waals surface area (Å²) < 4.78 is 10.6. The van der Waals surface area contributed by atoms with Crippen LogP contribution in [0.15, 0.2) is 69.7 Å². The maximum atomic E-state index is 13.5. The molecule has 8 heteroatoms. The van der Waals surface area contributed by atoms with Crippen LogP contribution in [0.2, 0.25) is 0 Å². The van der Waals surface area contributed by atoms with Gasteiger partial charge in [-0.05, 0) is 41.1 Å². The van der Waals surface area contributed by atoms with Crippen LogP contribution in [0.5, 0.6) is 0 Å². The van der Waals surface area contributed by atoms with Crippen LogP contribution in [0.3, 0.4) is 0 Å². The molecule has 2 aliphatic rings. The van der Waals surface area contributed by atoms with Gasteiger partial charge >= 0.3 is 5.97 Å². The van der Waals surface area contributed by atoms with Gasteiger partial charge in [0.25, 0.3) is 5.91 Å². The third-order valence-electron chi connectivity index (χ3n) is 5.99. The summed E-state index contributed by atoms with van der Waals surface area (Å²) in [5.74, 6) is 0.153. The Bertz CT molecular complexity index is 1140. The lowest BCUT2D eigenvalue weighted by Gasteiger charge is -2.35. The summed E-state index contributed by atoms with van der Waals surface area (Å²) in [6.45, 7) is 0.666. The highest BCUT2D eigenvalue weighted by molar-refractivity contribution is 7.10. The number of nitrogens with zero attached hydrogens (tertiary/aromatic N) is 3. The number of hydrazone groups is 1. The van der Waals surface area contributed by atoms with Gasteiger partial charge in [0.2, 0.25) is 0 Å². The van der Waals surface area contributed by atoms with Crippen LogP contribution in [0.25, 0.3) is 0 Å². The van der Waals surface area contributed by atoms with E-state index in [4.69, 9.17) is 9.15 Å². The van der Waals surface area contributed by atoms with Crippen LogP contribution < -0.4 is 0 Å². The van der Waals surface area contributed by atoms with Gasteiger partial charge in [0, 0.05) is 17.8 Å². The van der Waals surface area contributed by atoms with Crippen LogP contribution in [-0.2, 0) is 20.7 Å². The quantitative estimate of drug-likeness (QED) is 0.554. The summed E-state index contributed by atoms with van der Waals surface area (Å²) in [7, 11) is 1.38. The highest BCUT2D eigenvalue weighted by atomic mass is 32.1. The maximum Gasteiger partial charge on any atom is 0.327 e. The zero-order chi connectivity index (χ0) is 22.1. The zero-order valence-electron chi connectivity index (χ0n) is 17.6. The number of rotatable bonds is 5. The number of amides is 1. The second kappa shape index (κ2) is 8.72. The van der Waals surface area contributed by atoms with Crippen LogP contribution in [0.1, 0.15) is 40.3 Å². The van der Waals surface area contributed by atoms with E-state index in [-0.39, 0.29) is 24.5 Å². The van der Waals surface area contributed by atoms with Gasteiger partial charge in [0.05, 0.1) is 26.0 Å². The minimum Gasteiger partial charge on any atom is -0.468 e. The minimum absolute atomic E-state index is 0.0743. The smallest absolute Gasteiger partial charge is 0.327 e. The fourth-order valence-electron chi connectivity index (χ4n) is 4.46. The lowest BCUT2D eigenvalue weighted by Crippen LogP contribution is -2.45. The first kappa shape index (κ1) is 20.7. The van der Waals surface area contributed by atoms with Gasteiger partial charge in [-0.1, -0.05) is 30.3 Å². The van der Waals surface area contributed by atoms with E-state index < -0.39 is 6.04 Å². The van der Waals surface area contributed by atoms with Crippen LogP contribution >= 0.6 is 11.3 Å². The highest BCUT2D eigenvalue weighted by Gasteiger charge is 2.39. The molecule has 5 rings (SSSR count). The average Bonchev–Trinajstić information content (AvgIpc) is 3.59. The Labute approximate surface area is 189 Å². The lowest BCUT2D eigenvalue weighted by atomic mass is 9.92. The third-order valence-corrected chi connectivity index (χ3v) is 6.96. The predicted molar refractivity (Wildman–Crippen MR) is 120 cm³/mol. The predicted octanol–water partition coefficient (Wildman–Crippen LogP) is 3.79. The number of carbonyl (C=O) groups is 2. The van der Waals surface area contributed by atoms with Crippen LogP contribution in [0, 0.1) is 0 Å². The Kier molecular flexibility index (Phi) is 5.63. The van der Waals surface area contributed by atoms with Crippen molar-refractivity contribution in [3.63, 3.8) is 0 Å². The number of furan rings is 1. The summed E-state index contributed by atoms with van der Waals surface area (Å²) in [5.41, 5.74) is 2.76. The molecule has 0 spiro atoms. The third kappa shape index (κ3) is 3.76. The number of fused-ring (bicyclic) bond motifs is 1. The zero-order valence-corrected chi connectivity index (χ0v) is 18.5. The molecule has 3 aromatic rings. The molecule has 7 nitrogen and oxygen atoms in total. The molecule has 1 aromatic carbocycles. The van der Waals surface area contributed by atoms with Crippen molar-refractivity contribution < 1.29 is 18.7 Å². The Morgan fingerprint density at radius 3 is 2.81 bits per heavy atom. The van der Waals surface area contributed by atoms with E-state index in [2.05, 4.69) is 5.10 Å². The Balaban J connectivity index is 1.42. The van der Waals surface area contributed by atoms with E-state index >= 15 is 0 Å². The second-order valence-corrected chi connectivity index (χ2v) is 8.82. The number of hydrogen-bond acceptors (Lipinski definition) is 7. The standard InChI is InChI=1S/C24H23N3O4S/c1-30-24(29)23-17-7-3-2-6-16(17)10-11-26(23)15-22(28)27-19(21-9-5-13-32-21)14-18(25-27)20-8-4-12-31-20/h2-9,12-13,19,23H,10-11,14-15H2,1H3. The molecule has 2 aliphatic heterocycles. The topological polar surface area (TPSA) is 75.3 Å². The van der Waals surface area contributed by atoms with Gasteiger partial charge in [-0.2, -0.15) is 5.10 Å². The molecule has 0 N–H and O–H groups in total. The second-order valence-electron chi connectivity index (χ2n) is 7.84.